The largest absolute Gasteiger partial charge is 0.358 e. The van der Waals surface area contributed by atoms with Crippen molar-refractivity contribution in [2.75, 3.05) is 20.6 Å². The summed E-state index contributed by atoms with van der Waals surface area (Å²) >= 11 is 0. The van der Waals surface area contributed by atoms with Gasteiger partial charge in [0.2, 0.25) is 0 Å². The van der Waals surface area contributed by atoms with E-state index >= 15 is 0 Å². The van der Waals surface area contributed by atoms with Crippen molar-refractivity contribution in [2.45, 2.75) is 13.3 Å². The van der Waals surface area contributed by atoms with Gasteiger partial charge in [0, 0.05) is 5.53 Å². The number of nitrogens with one attached hydrogen (secondary N) is 1. The summed E-state index contributed by atoms with van der Waals surface area (Å²) in [5, 5.41) is 0. The van der Waals surface area contributed by atoms with Crippen molar-refractivity contribution < 1.29 is 8.50 Å². The number of hydrogen-bond acceptors (Lipinski definition) is 1. The maximum Gasteiger partial charge on any atom is 0.358 e. The lowest BCUT2D eigenvalue weighted by Gasteiger charge is -2.47. The van der Waals surface area contributed by atoms with Crippen LogP contribution >= 0.6 is 18.3 Å². The van der Waals surface area contributed by atoms with Crippen LogP contribution in [0.4, 0.5) is 0 Å². The molecule has 1 fully saturated rings. The lowest BCUT2D eigenvalue weighted by atomic mass is 10.5. The van der Waals surface area contributed by atoms with Gasteiger partial charge in [-0.1, -0.05) is 6.92 Å². The van der Waals surface area contributed by atoms with Crippen LogP contribution in [0.1, 0.15) is 13.3 Å². The van der Waals surface area contributed by atoms with E-state index in [0.717, 1.165) is 17.4 Å². The molecule has 10 heavy (non-hydrogen) atoms. The normalized spacial score (nSPS) is 49.2. The quantitative estimate of drug-likeness (QED) is 0.627. The molecule has 0 aromatic carbocycles. The maximum atomic E-state index is 3.45. The minimum Gasteiger partial charge on any atom is -0.145 e. The Morgan fingerprint density at radius 1 is 1.50 bits per heavy atom. The highest BCUT2D eigenvalue weighted by Gasteiger charge is 2.50. The molecule has 4 unspecified atom stereocenters. The monoisotopic (exact) mass is 181 g/mol. The summed E-state index contributed by atoms with van der Waals surface area (Å²) < 4.78 is 1.94. The van der Waals surface area contributed by atoms with Gasteiger partial charge in [-0.3, -0.25) is 0 Å². The highest BCUT2D eigenvalue weighted by molar-refractivity contribution is 7.33. The fourth-order valence-electron chi connectivity index (χ4n) is 1.46. The Bertz CT molecular complexity index is 129. The molecule has 3 nitrogen and oxygen atoms in total. The van der Waals surface area contributed by atoms with E-state index in [1.807, 2.05) is 0 Å². The van der Waals surface area contributed by atoms with Crippen molar-refractivity contribution in [3.8, 4) is 0 Å². The Kier molecular flexibility index (Phi) is 2.35. The summed E-state index contributed by atoms with van der Waals surface area (Å²) in [6, 6.07) is 0. The molecule has 0 aromatic rings. The molecule has 0 aliphatic carbocycles. The SMILES string of the molecule is CCC[N+]1(C)N[N+](C)(P)P1. The predicted molar refractivity (Wildman–Crippen MR) is 48.7 cm³/mol. The van der Waals surface area contributed by atoms with Crippen LogP contribution in [0, 0.1) is 0 Å². The Morgan fingerprint density at radius 3 is 2.30 bits per heavy atom. The fourth-order valence-corrected chi connectivity index (χ4v) is 4.22. The molecule has 60 valence electrons. The molecule has 1 heterocycles. The van der Waals surface area contributed by atoms with Crippen LogP contribution in [0.5, 0.6) is 0 Å². The van der Waals surface area contributed by atoms with Gasteiger partial charge in [0.25, 0.3) is 0 Å². The second-order valence-electron chi connectivity index (χ2n) is 3.19. The van der Waals surface area contributed by atoms with Gasteiger partial charge in [-0.25, -0.2) is 0 Å². The van der Waals surface area contributed by atoms with Crippen LogP contribution in [0.3, 0.4) is 0 Å². The molecular weight excluding hydrogens is 164 g/mol. The average Bonchev–Trinajstić information content (AvgIpc) is 1.58. The summed E-state index contributed by atoms with van der Waals surface area (Å²) in [5.74, 6) is 0. The lowest BCUT2D eigenvalue weighted by molar-refractivity contribution is -1.08. The van der Waals surface area contributed by atoms with Crippen molar-refractivity contribution in [1.82, 2.24) is 5.53 Å². The molecule has 0 aromatic heterocycles. The van der Waals surface area contributed by atoms with Crippen LogP contribution in [-0.2, 0) is 0 Å². The van der Waals surface area contributed by atoms with E-state index in [-0.39, 0.29) is 0 Å². The van der Waals surface area contributed by atoms with Gasteiger partial charge in [0.15, 0.2) is 0 Å². The van der Waals surface area contributed by atoms with Crippen LogP contribution in [0.25, 0.3) is 0 Å². The van der Waals surface area contributed by atoms with Crippen molar-refractivity contribution in [1.29, 1.82) is 0 Å². The fraction of sp³-hybridized carbons (Fsp3) is 1.00. The van der Waals surface area contributed by atoms with Crippen LogP contribution in [0.2, 0.25) is 0 Å². The summed E-state index contributed by atoms with van der Waals surface area (Å²) in [4.78, 5) is 0. The Balaban J connectivity index is 2.34. The van der Waals surface area contributed by atoms with Crippen molar-refractivity contribution in [3.05, 3.63) is 0 Å². The first-order valence-electron chi connectivity index (χ1n) is 3.57. The van der Waals surface area contributed by atoms with Crippen molar-refractivity contribution >= 4 is 18.3 Å². The van der Waals surface area contributed by atoms with E-state index < -0.39 is 0 Å². The molecule has 0 bridgehead atoms. The zero-order chi connectivity index (χ0) is 7.83. The van der Waals surface area contributed by atoms with Gasteiger partial charge < -0.3 is 0 Å². The second kappa shape index (κ2) is 2.66. The molecular formula is C5H17N3P2+2. The smallest absolute Gasteiger partial charge is 0.145 e. The molecule has 1 aliphatic heterocycles. The minimum absolute atomic E-state index is 0.899. The topological polar surface area (TPSA) is 12.0 Å². The first-order chi connectivity index (χ1) is 4.47. The first-order valence-corrected chi connectivity index (χ1v) is 4.98. The third-order valence-corrected chi connectivity index (χ3v) is 3.27. The highest BCUT2D eigenvalue weighted by Crippen LogP contribution is 2.47. The van der Waals surface area contributed by atoms with Gasteiger partial charge in [-0.05, 0) is 6.42 Å². The summed E-state index contributed by atoms with van der Waals surface area (Å²) in [5.41, 5.74) is 3.45. The minimum atomic E-state index is 0.899. The zero-order valence-corrected chi connectivity index (χ0v) is 9.04. The van der Waals surface area contributed by atoms with E-state index in [9.17, 15) is 0 Å². The number of nitrogens with zero attached hydrogens (tertiary/aromatic N) is 2. The van der Waals surface area contributed by atoms with E-state index in [4.69, 9.17) is 0 Å². The van der Waals surface area contributed by atoms with Gasteiger partial charge in [0.1, 0.15) is 15.9 Å². The molecule has 0 spiro atoms. The molecule has 1 aliphatic rings. The Morgan fingerprint density at radius 2 is 2.00 bits per heavy atom. The van der Waals surface area contributed by atoms with Crippen molar-refractivity contribution in [3.63, 3.8) is 0 Å². The van der Waals surface area contributed by atoms with Crippen LogP contribution < -0.4 is 5.53 Å². The second-order valence-corrected chi connectivity index (χ2v) is 6.86. The molecule has 4 atom stereocenters. The maximum absolute atomic E-state index is 3.45. The standard InChI is InChI=1S/C5H17N3P2/c1-4-5-7(2)6-8(3,9)10-7/h6,10H,4-5,9H2,1-3H3/q+2. The van der Waals surface area contributed by atoms with E-state index in [1.54, 1.807) is 0 Å². The molecule has 1 rings (SSSR count). The summed E-state index contributed by atoms with van der Waals surface area (Å²) in [6.07, 6.45) is 1.25. The first kappa shape index (κ1) is 8.83. The predicted octanol–water partition coefficient (Wildman–Crippen LogP) is 1.02. The lowest BCUT2D eigenvalue weighted by Crippen LogP contribution is -2.69. The summed E-state index contributed by atoms with van der Waals surface area (Å²) in [6.45, 7) is 3.46. The van der Waals surface area contributed by atoms with E-state index in [1.165, 1.54) is 13.0 Å². The number of rotatable bonds is 2. The third-order valence-electron chi connectivity index (χ3n) is 1.53. The van der Waals surface area contributed by atoms with Gasteiger partial charge in [0.05, 0.1) is 14.1 Å². The average molecular weight is 181 g/mol. The van der Waals surface area contributed by atoms with Gasteiger partial charge in [-0.15, -0.1) is 8.50 Å². The summed E-state index contributed by atoms with van der Waals surface area (Å²) in [7, 11) is 8.13. The molecule has 0 saturated carbocycles. The van der Waals surface area contributed by atoms with Crippen LogP contribution in [0.15, 0.2) is 0 Å². The highest BCUT2D eigenvalue weighted by atomic mass is 31.1. The molecule has 5 heteroatoms. The Hall–Kier alpha value is 0.740. The number of hydrogen-bond donors (Lipinski definition) is 1. The van der Waals surface area contributed by atoms with Gasteiger partial charge >= 0.3 is 8.88 Å². The molecule has 0 radical (unpaired) electrons. The van der Waals surface area contributed by atoms with Crippen molar-refractivity contribution in [2.24, 2.45) is 0 Å². The van der Waals surface area contributed by atoms with Gasteiger partial charge in [-0.2, -0.15) is 0 Å². The zero-order valence-electron chi connectivity index (χ0n) is 6.89. The number of quaternary nitrogens is 2. The van der Waals surface area contributed by atoms with Crippen LogP contribution in [-0.4, -0.2) is 29.1 Å². The molecule has 1 saturated heterocycles. The van der Waals surface area contributed by atoms with E-state index in [2.05, 4.69) is 35.9 Å². The molecule has 0 amide bonds. The third kappa shape index (κ3) is 1.87. The molecule has 1 N–H and O–H groups in total. The van der Waals surface area contributed by atoms with E-state index in [0.29, 0.717) is 0 Å². The Labute approximate surface area is 67.0 Å².